The summed E-state index contributed by atoms with van der Waals surface area (Å²) in [5.74, 6) is 0.646. The number of anilines is 1. The van der Waals surface area contributed by atoms with Gasteiger partial charge < -0.3 is 10.1 Å². The van der Waals surface area contributed by atoms with E-state index in [9.17, 15) is 0 Å². The molecule has 0 aliphatic carbocycles. The van der Waals surface area contributed by atoms with Gasteiger partial charge in [-0.2, -0.15) is 0 Å². The molecule has 100 valence electrons. The lowest BCUT2D eigenvalue weighted by atomic mass is 10.2. The second kappa shape index (κ2) is 6.38. The quantitative estimate of drug-likeness (QED) is 0.830. The fourth-order valence-corrected chi connectivity index (χ4v) is 2.30. The maximum Gasteiger partial charge on any atom is 0.137 e. The molecule has 2 aromatic carbocycles. The van der Waals surface area contributed by atoms with Crippen molar-refractivity contribution in [1.29, 1.82) is 0 Å². The van der Waals surface area contributed by atoms with Crippen LogP contribution in [0.15, 0.2) is 36.4 Å². The Morgan fingerprint density at radius 2 is 1.84 bits per heavy atom. The zero-order valence-electron chi connectivity index (χ0n) is 10.2. The van der Waals surface area contributed by atoms with Crippen molar-refractivity contribution in [2.45, 2.75) is 6.54 Å². The summed E-state index contributed by atoms with van der Waals surface area (Å²) >= 11 is 18.1. The number of rotatable bonds is 4. The minimum Gasteiger partial charge on any atom is -0.495 e. The highest BCUT2D eigenvalue weighted by atomic mass is 35.5. The van der Waals surface area contributed by atoms with Gasteiger partial charge in [0.25, 0.3) is 0 Å². The SMILES string of the molecule is COc1ccc(NCc2cccc(Cl)c2Cl)cc1Cl. The van der Waals surface area contributed by atoms with Crippen LogP contribution in [0.2, 0.25) is 15.1 Å². The summed E-state index contributed by atoms with van der Waals surface area (Å²) in [6.45, 7) is 0.571. The summed E-state index contributed by atoms with van der Waals surface area (Å²) in [7, 11) is 1.58. The average molecular weight is 317 g/mol. The summed E-state index contributed by atoms with van der Waals surface area (Å²) in [6.07, 6.45) is 0. The molecule has 0 radical (unpaired) electrons. The third-order valence-electron chi connectivity index (χ3n) is 2.67. The molecule has 0 unspecified atom stereocenters. The number of ether oxygens (including phenoxy) is 1. The summed E-state index contributed by atoms with van der Waals surface area (Å²) in [5, 5.41) is 4.91. The molecule has 0 saturated carbocycles. The first kappa shape index (κ1) is 14.3. The van der Waals surface area contributed by atoms with Crippen molar-refractivity contribution in [2.75, 3.05) is 12.4 Å². The molecule has 2 nitrogen and oxygen atoms in total. The topological polar surface area (TPSA) is 21.3 Å². The van der Waals surface area contributed by atoms with Gasteiger partial charge in [0.2, 0.25) is 0 Å². The Kier molecular flexibility index (Phi) is 4.81. The van der Waals surface area contributed by atoms with Gasteiger partial charge in [0.1, 0.15) is 5.75 Å². The molecule has 5 heteroatoms. The van der Waals surface area contributed by atoms with Gasteiger partial charge in [-0.15, -0.1) is 0 Å². The average Bonchev–Trinajstić information content (AvgIpc) is 2.40. The van der Waals surface area contributed by atoms with Crippen molar-refractivity contribution in [2.24, 2.45) is 0 Å². The van der Waals surface area contributed by atoms with Crippen LogP contribution in [0.5, 0.6) is 5.75 Å². The molecule has 0 heterocycles. The van der Waals surface area contributed by atoms with Gasteiger partial charge in [0, 0.05) is 12.2 Å². The lowest BCUT2D eigenvalue weighted by Crippen LogP contribution is -2.00. The molecule has 0 aromatic heterocycles. The zero-order valence-corrected chi connectivity index (χ0v) is 12.5. The molecule has 2 rings (SSSR count). The lowest BCUT2D eigenvalue weighted by molar-refractivity contribution is 0.415. The Bertz CT molecular complexity index is 587. The summed E-state index contributed by atoms with van der Waals surface area (Å²) < 4.78 is 5.10. The van der Waals surface area contributed by atoms with Crippen molar-refractivity contribution < 1.29 is 4.74 Å². The van der Waals surface area contributed by atoms with E-state index >= 15 is 0 Å². The van der Waals surface area contributed by atoms with Crippen LogP contribution in [0.1, 0.15) is 5.56 Å². The van der Waals surface area contributed by atoms with Crippen molar-refractivity contribution >= 4 is 40.5 Å². The van der Waals surface area contributed by atoms with Crippen LogP contribution in [0, 0.1) is 0 Å². The second-order valence-electron chi connectivity index (χ2n) is 3.92. The molecule has 0 amide bonds. The Morgan fingerprint density at radius 3 is 2.53 bits per heavy atom. The van der Waals surface area contributed by atoms with Crippen LogP contribution in [0.4, 0.5) is 5.69 Å². The van der Waals surface area contributed by atoms with E-state index in [4.69, 9.17) is 39.5 Å². The van der Waals surface area contributed by atoms with Crippen molar-refractivity contribution in [3.8, 4) is 5.75 Å². The number of methoxy groups -OCH3 is 1. The highest BCUT2D eigenvalue weighted by Crippen LogP contribution is 2.29. The van der Waals surface area contributed by atoms with E-state index in [0.29, 0.717) is 27.4 Å². The van der Waals surface area contributed by atoms with Gasteiger partial charge in [-0.25, -0.2) is 0 Å². The molecule has 1 N–H and O–H groups in total. The lowest BCUT2D eigenvalue weighted by Gasteiger charge is -2.10. The van der Waals surface area contributed by atoms with Gasteiger partial charge >= 0.3 is 0 Å². The fourth-order valence-electron chi connectivity index (χ4n) is 1.66. The molecular formula is C14H12Cl3NO. The predicted molar refractivity (Wildman–Crippen MR) is 81.8 cm³/mol. The van der Waals surface area contributed by atoms with Crippen LogP contribution < -0.4 is 10.1 Å². The maximum atomic E-state index is 6.12. The Balaban J connectivity index is 2.10. The van der Waals surface area contributed by atoms with Crippen molar-refractivity contribution in [3.05, 3.63) is 57.0 Å². The van der Waals surface area contributed by atoms with Crippen LogP contribution >= 0.6 is 34.8 Å². The standard InChI is InChI=1S/C14H12Cl3NO/c1-19-13-6-5-10(7-12(13)16)18-8-9-3-2-4-11(15)14(9)17/h2-7,18H,8H2,1H3. The van der Waals surface area contributed by atoms with Gasteiger partial charge in [0.15, 0.2) is 0 Å². The highest BCUT2D eigenvalue weighted by Gasteiger charge is 2.05. The Hall–Kier alpha value is -1.09. The first-order valence-electron chi connectivity index (χ1n) is 5.62. The van der Waals surface area contributed by atoms with Crippen molar-refractivity contribution in [3.63, 3.8) is 0 Å². The Labute approximate surface area is 127 Å². The molecule has 0 bridgehead atoms. The van der Waals surface area contributed by atoms with Crippen molar-refractivity contribution in [1.82, 2.24) is 0 Å². The molecule has 0 aliphatic rings. The van der Waals surface area contributed by atoms with E-state index in [1.807, 2.05) is 24.3 Å². The molecule has 19 heavy (non-hydrogen) atoms. The summed E-state index contributed by atoms with van der Waals surface area (Å²) in [4.78, 5) is 0. The van der Waals surface area contributed by atoms with E-state index < -0.39 is 0 Å². The largest absolute Gasteiger partial charge is 0.495 e. The first-order chi connectivity index (χ1) is 9.11. The number of halogens is 3. The normalized spacial score (nSPS) is 10.3. The second-order valence-corrected chi connectivity index (χ2v) is 5.11. The van der Waals surface area contributed by atoms with Crippen LogP contribution in [0.3, 0.4) is 0 Å². The van der Waals surface area contributed by atoms with Crippen LogP contribution in [-0.2, 0) is 6.54 Å². The predicted octanol–water partition coefficient (Wildman–Crippen LogP) is 5.27. The maximum absolute atomic E-state index is 6.12. The zero-order chi connectivity index (χ0) is 13.8. The Morgan fingerprint density at radius 1 is 1.05 bits per heavy atom. The number of benzene rings is 2. The van der Waals surface area contributed by atoms with E-state index in [2.05, 4.69) is 5.32 Å². The van der Waals surface area contributed by atoms with Crippen LogP contribution in [0.25, 0.3) is 0 Å². The first-order valence-corrected chi connectivity index (χ1v) is 6.75. The number of hydrogen-bond acceptors (Lipinski definition) is 2. The number of hydrogen-bond donors (Lipinski definition) is 1. The summed E-state index contributed by atoms with van der Waals surface area (Å²) in [6, 6.07) is 11.1. The van der Waals surface area contributed by atoms with Gasteiger partial charge in [0.05, 0.1) is 22.2 Å². The monoisotopic (exact) mass is 315 g/mol. The molecule has 0 fully saturated rings. The minimum atomic E-state index is 0.550. The van der Waals surface area contributed by atoms with Crippen LogP contribution in [-0.4, -0.2) is 7.11 Å². The highest BCUT2D eigenvalue weighted by molar-refractivity contribution is 6.42. The fraction of sp³-hybridized carbons (Fsp3) is 0.143. The van der Waals surface area contributed by atoms with Gasteiger partial charge in [-0.05, 0) is 29.8 Å². The third kappa shape index (κ3) is 3.47. The number of nitrogens with one attached hydrogen (secondary N) is 1. The molecule has 0 atom stereocenters. The molecule has 0 saturated heterocycles. The smallest absolute Gasteiger partial charge is 0.137 e. The minimum absolute atomic E-state index is 0.550. The van der Waals surface area contributed by atoms with E-state index in [0.717, 1.165) is 11.3 Å². The third-order valence-corrected chi connectivity index (χ3v) is 3.82. The summed E-state index contributed by atoms with van der Waals surface area (Å²) in [5.41, 5.74) is 1.82. The van der Waals surface area contributed by atoms with E-state index in [1.165, 1.54) is 0 Å². The molecule has 2 aromatic rings. The van der Waals surface area contributed by atoms with E-state index in [-0.39, 0.29) is 0 Å². The molecule has 0 spiro atoms. The molecular weight excluding hydrogens is 305 g/mol. The van der Waals surface area contributed by atoms with Gasteiger partial charge in [-0.3, -0.25) is 0 Å². The van der Waals surface area contributed by atoms with E-state index in [1.54, 1.807) is 19.2 Å². The van der Waals surface area contributed by atoms with Gasteiger partial charge in [-0.1, -0.05) is 46.9 Å². The molecule has 0 aliphatic heterocycles.